The summed E-state index contributed by atoms with van der Waals surface area (Å²) in [5.41, 5.74) is 8.44. The predicted molar refractivity (Wildman–Crippen MR) is 80.6 cm³/mol. The molecule has 2 aromatic rings. The zero-order chi connectivity index (χ0) is 14.5. The molecule has 2 aromatic heterocycles. The molecule has 0 aromatic carbocycles. The van der Waals surface area contributed by atoms with Gasteiger partial charge in [0.15, 0.2) is 0 Å². The van der Waals surface area contributed by atoms with Crippen LogP contribution in [0.2, 0.25) is 0 Å². The molecular weight excluding hydrogens is 250 g/mol. The summed E-state index contributed by atoms with van der Waals surface area (Å²) in [6.45, 7) is 6.47. The highest BCUT2D eigenvalue weighted by molar-refractivity contribution is 5.22. The third-order valence-electron chi connectivity index (χ3n) is 3.91. The Labute approximate surface area is 121 Å². The lowest BCUT2D eigenvalue weighted by molar-refractivity contribution is 0.424. The van der Waals surface area contributed by atoms with Crippen molar-refractivity contribution in [2.24, 2.45) is 5.73 Å². The van der Waals surface area contributed by atoms with Gasteiger partial charge in [-0.05, 0) is 25.0 Å². The second kappa shape index (κ2) is 6.75. The third kappa shape index (κ3) is 3.12. The number of nitrogens with zero attached hydrogens (tertiary/aromatic N) is 2. The van der Waals surface area contributed by atoms with Crippen LogP contribution in [0.1, 0.15) is 62.7 Å². The Bertz CT molecular complexity index is 525. The van der Waals surface area contributed by atoms with E-state index in [9.17, 15) is 0 Å². The van der Waals surface area contributed by atoms with Crippen LogP contribution in [0.15, 0.2) is 29.0 Å². The maximum atomic E-state index is 6.29. The zero-order valence-electron chi connectivity index (χ0n) is 12.7. The molecule has 0 aliphatic carbocycles. The van der Waals surface area contributed by atoms with Crippen molar-refractivity contribution in [3.05, 3.63) is 41.6 Å². The van der Waals surface area contributed by atoms with E-state index in [1.54, 1.807) is 6.26 Å². The van der Waals surface area contributed by atoms with Crippen LogP contribution in [0.4, 0.5) is 0 Å². The molecule has 2 rings (SSSR count). The molecule has 2 heterocycles. The molecule has 0 spiro atoms. The maximum Gasteiger partial charge on any atom is 0.108 e. The average Bonchev–Trinajstić information content (AvgIpc) is 3.09. The molecule has 4 nitrogen and oxygen atoms in total. The molecule has 0 fully saturated rings. The van der Waals surface area contributed by atoms with E-state index in [1.165, 1.54) is 0 Å². The monoisotopic (exact) mass is 275 g/mol. The van der Waals surface area contributed by atoms with Crippen LogP contribution in [0.5, 0.6) is 0 Å². The highest BCUT2D eigenvalue weighted by Gasteiger charge is 2.15. The van der Waals surface area contributed by atoms with E-state index in [0.717, 1.165) is 42.7 Å². The summed E-state index contributed by atoms with van der Waals surface area (Å²) in [6.07, 6.45) is 7.61. The van der Waals surface area contributed by atoms with Crippen molar-refractivity contribution >= 4 is 0 Å². The highest BCUT2D eigenvalue weighted by Crippen LogP contribution is 2.22. The van der Waals surface area contributed by atoms with Crippen molar-refractivity contribution in [2.75, 3.05) is 0 Å². The number of furan rings is 1. The van der Waals surface area contributed by atoms with E-state index in [4.69, 9.17) is 10.2 Å². The molecule has 1 unspecified atom stereocenters. The van der Waals surface area contributed by atoms with Gasteiger partial charge in [-0.25, -0.2) is 0 Å². The first-order valence-electron chi connectivity index (χ1n) is 7.55. The van der Waals surface area contributed by atoms with Gasteiger partial charge in [0.2, 0.25) is 0 Å². The van der Waals surface area contributed by atoms with Crippen LogP contribution in [0, 0.1) is 0 Å². The van der Waals surface area contributed by atoms with E-state index in [0.29, 0.717) is 6.04 Å². The first-order valence-corrected chi connectivity index (χ1v) is 7.55. The van der Waals surface area contributed by atoms with Gasteiger partial charge in [0.1, 0.15) is 5.76 Å². The summed E-state index contributed by atoms with van der Waals surface area (Å²) in [6, 6.07) is 4.49. The fraction of sp³-hybridized carbons (Fsp3) is 0.562. The first-order chi connectivity index (χ1) is 9.69. The predicted octanol–water partition coefficient (Wildman–Crippen LogP) is 3.64. The van der Waals surface area contributed by atoms with E-state index in [-0.39, 0.29) is 6.04 Å². The summed E-state index contributed by atoms with van der Waals surface area (Å²) in [5.74, 6) is 0.983. The standard InChI is InChI=1S/C16H25N3O/c1-4-13(5-2)19-9-7-12(18-19)11-15(17)14-8-10-20-16(14)6-3/h7-10,13,15H,4-6,11,17H2,1-3H3. The summed E-state index contributed by atoms with van der Waals surface area (Å²) in [5, 5.41) is 4.66. The minimum atomic E-state index is -0.0475. The number of hydrogen-bond donors (Lipinski definition) is 1. The van der Waals surface area contributed by atoms with Crippen molar-refractivity contribution in [3.63, 3.8) is 0 Å². The Hall–Kier alpha value is -1.55. The normalized spacial score (nSPS) is 13.1. The fourth-order valence-electron chi connectivity index (χ4n) is 2.66. The topological polar surface area (TPSA) is 57.0 Å². The largest absolute Gasteiger partial charge is 0.469 e. The van der Waals surface area contributed by atoms with Crippen molar-refractivity contribution in [3.8, 4) is 0 Å². The molecule has 110 valence electrons. The molecular formula is C16H25N3O. The highest BCUT2D eigenvalue weighted by atomic mass is 16.3. The van der Waals surface area contributed by atoms with Gasteiger partial charge in [-0.15, -0.1) is 0 Å². The van der Waals surface area contributed by atoms with Gasteiger partial charge in [0.25, 0.3) is 0 Å². The Morgan fingerprint density at radius 3 is 2.65 bits per heavy atom. The molecule has 20 heavy (non-hydrogen) atoms. The lowest BCUT2D eigenvalue weighted by Crippen LogP contribution is -2.15. The molecule has 0 saturated heterocycles. The second-order valence-electron chi connectivity index (χ2n) is 5.22. The van der Waals surface area contributed by atoms with Gasteiger partial charge in [0.05, 0.1) is 18.0 Å². The van der Waals surface area contributed by atoms with Gasteiger partial charge >= 0.3 is 0 Å². The Balaban J connectivity index is 2.07. The van der Waals surface area contributed by atoms with Crippen molar-refractivity contribution < 1.29 is 4.42 Å². The van der Waals surface area contributed by atoms with E-state index in [2.05, 4.69) is 42.8 Å². The van der Waals surface area contributed by atoms with Crippen molar-refractivity contribution in [1.82, 2.24) is 9.78 Å². The number of aryl methyl sites for hydroxylation is 1. The summed E-state index contributed by atoms with van der Waals surface area (Å²) >= 11 is 0. The smallest absolute Gasteiger partial charge is 0.108 e. The lowest BCUT2D eigenvalue weighted by Gasteiger charge is -2.13. The molecule has 4 heteroatoms. The summed E-state index contributed by atoms with van der Waals surface area (Å²) < 4.78 is 7.51. The summed E-state index contributed by atoms with van der Waals surface area (Å²) in [7, 11) is 0. The average molecular weight is 275 g/mol. The van der Waals surface area contributed by atoms with Gasteiger partial charge in [0, 0.05) is 30.6 Å². The molecule has 0 saturated carbocycles. The van der Waals surface area contributed by atoms with E-state index < -0.39 is 0 Å². The number of rotatable bonds is 7. The van der Waals surface area contributed by atoms with Crippen LogP contribution in [0.25, 0.3) is 0 Å². The SMILES string of the molecule is CCc1occc1C(N)Cc1ccn(C(CC)CC)n1. The molecule has 0 aliphatic heterocycles. The number of hydrogen-bond acceptors (Lipinski definition) is 3. The Morgan fingerprint density at radius 1 is 1.25 bits per heavy atom. The molecule has 0 aliphatic rings. The lowest BCUT2D eigenvalue weighted by atomic mass is 10.0. The van der Waals surface area contributed by atoms with Crippen LogP contribution in [-0.2, 0) is 12.8 Å². The Kier molecular flexibility index (Phi) is 5.01. The zero-order valence-corrected chi connectivity index (χ0v) is 12.7. The van der Waals surface area contributed by atoms with Crippen LogP contribution in [-0.4, -0.2) is 9.78 Å². The molecule has 0 radical (unpaired) electrons. The third-order valence-corrected chi connectivity index (χ3v) is 3.91. The molecule has 0 amide bonds. The minimum absolute atomic E-state index is 0.0475. The maximum absolute atomic E-state index is 6.29. The van der Waals surface area contributed by atoms with Crippen molar-refractivity contribution in [2.45, 2.75) is 58.5 Å². The number of aromatic nitrogens is 2. The van der Waals surface area contributed by atoms with Crippen LogP contribution >= 0.6 is 0 Å². The summed E-state index contributed by atoms with van der Waals surface area (Å²) in [4.78, 5) is 0. The van der Waals surface area contributed by atoms with Gasteiger partial charge in [-0.3, -0.25) is 4.68 Å². The first kappa shape index (κ1) is 14.9. The van der Waals surface area contributed by atoms with Crippen molar-refractivity contribution in [1.29, 1.82) is 0 Å². The minimum Gasteiger partial charge on any atom is -0.469 e. The molecule has 2 N–H and O–H groups in total. The van der Waals surface area contributed by atoms with E-state index in [1.807, 2.05) is 6.07 Å². The van der Waals surface area contributed by atoms with Crippen LogP contribution < -0.4 is 5.73 Å². The quantitative estimate of drug-likeness (QED) is 0.839. The second-order valence-corrected chi connectivity index (χ2v) is 5.22. The Morgan fingerprint density at radius 2 is 2.00 bits per heavy atom. The molecule has 1 atom stereocenters. The van der Waals surface area contributed by atoms with Gasteiger partial charge in [-0.2, -0.15) is 5.10 Å². The van der Waals surface area contributed by atoms with Gasteiger partial charge in [-0.1, -0.05) is 20.8 Å². The van der Waals surface area contributed by atoms with Crippen LogP contribution in [0.3, 0.4) is 0 Å². The van der Waals surface area contributed by atoms with E-state index >= 15 is 0 Å². The van der Waals surface area contributed by atoms with Gasteiger partial charge < -0.3 is 10.2 Å². The fourth-order valence-corrected chi connectivity index (χ4v) is 2.66. The molecule has 0 bridgehead atoms. The number of nitrogens with two attached hydrogens (primary N) is 1.